The normalized spacial score (nSPS) is 24.3. The molecular weight excluding hydrogens is 258 g/mol. The molecule has 0 amide bonds. The predicted octanol–water partition coefficient (Wildman–Crippen LogP) is 4.23. The molecule has 0 saturated heterocycles. The van der Waals surface area contributed by atoms with Gasteiger partial charge in [-0.05, 0) is 43.6 Å². The summed E-state index contributed by atoms with van der Waals surface area (Å²) < 4.78 is 2.22. The minimum absolute atomic E-state index is 0.278. The van der Waals surface area contributed by atoms with Gasteiger partial charge in [0.25, 0.3) is 0 Å². The third-order valence-corrected chi connectivity index (χ3v) is 6.13. The Labute approximate surface area is 129 Å². The molecule has 3 rings (SSSR count). The zero-order valence-electron chi connectivity index (χ0n) is 13.6. The highest BCUT2D eigenvalue weighted by atomic mass is 15.3. The average Bonchev–Trinajstić information content (AvgIpc) is 3.18. The van der Waals surface area contributed by atoms with E-state index in [0.29, 0.717) is 11.5 Å². The molecule has 2 saturated carbocycles. The van der Waals surface area contributed by atoms with Crippen molar-refractivity contribution < 1.29 is 0 Å². The molecule has 21 heavy (non-hydrogen) atoms. The third kappa shape index (κ3) is 3.18. The van der Waals surface area contributed by atoms with Crippen molar-refractivity contribution in [2.24, 2.45) is 11.1 Å². The Morgan fingerprint density at radius 2 is 1.95 bits per heavy atom. The van der Waals surface area contributed by atoms with Crippen LogP contribution in [0.2, 0.25) is 0 Å². The van der Waals surface area contributed by atoms with Gasteiger partial charge in [-0.2, -0.15) is 5.10 Å². The van der Waals surface area contributed by atoms with Gasteiger partial charge in [0.15, 0.2) is 0 Å². The molecule has 2 aliphatic rings. The van der Waals surface area contributed by atoms with Crippen molar-refractivity contribution in [1.29, 1.82) is 0 Å². The lowest BCUT2D eigenvalue weighted by Gasteiger charge is -2.34. The predicted molar refractivity (Wildman–Crippen MR) is 87.2 cm³/mol. The van der Waals surface area contributed by atoms with E-state index in [4.69, 9.17) is 10.8 Å². The molecule has 1 unspecified atom stereocenters. The van der Waals surface area contributed by atoms with Crippen LogP contribution in [-0.4, -0.2) is 15.8 Å². The molecule has 1 aromatic heterocycles. The first kappa shape index (κ1) is 15.1. The molecule has 2 fully saturated rings. The standard InChI is InChI=1S/C18H31N3/c1-2-18(11-6-7-12-18)17(19)14-15-10-13-21(20-15)16-8-4-3-5-9-16/h10,13,16-17H,2-9,11-12,14,19H2,1H3. The van der Waals surface area contributed by atoms with Crippen LogP contribution in [0.25, 0.3) is 0 Å². The van der Waals surface area contributed by atoms with Crippen LogP contribution in [-0.2, 0) is 6.42 Å². The third-order valence-electron chi connectivity index (χ3n) is 6.13. The molecule has 0 aromatic carbocycles. The quantitative estimate of drug-likeness (QED) is 0.881. The maximum Gasteiger partial charge on any atom is 0.0640 e. The first-order valence-corrected chi connectivity index (χ1v) is 9.03. The summed E-state index contributed by atoms with van der Waals surface area (Å²) in [5.41, 5.74) is 8.18. The highest BCUT2D eigenvalue weighted by molar-refractivity contribution is 5.06. The van der Waals surface area contributed by atoms with Crippen molar-refractivity contribution in [1.82, 2.24) is 9.78 Å². The molecule has 0 bridgehead atoms. The first-order chi connectivity index (χ1) is 10.2. The Hall–Kier alpha value is -0.830. The van der Waals surface area contributed by atoms with Crippen LogP contribution in [0.3, 0.4) is 0 Å². The van der Waals surface area contributed by atoms with Gasteiger partial charge in [-0.3, -0.25) is 4.68 Å². The van der Waals surface area contributed by atoms with Crippen LogP contribution in [0.1, 0.15) is 82.9 Å². The fraction of sp³-hybridized carbons (Fsp3) is 0.833. The minimum Gasteiger partial charge on any atom is -0.327 e. The lowest BCUT2D eigenvalue weighted by molar-refractivity contribution is 0.217. The maximum atomic E-state index is 6.59. The first-order valence-electron chi connectivity index (χ1n) is 9.03. The summed E-state index contributed by atoms with van der Waals surface area (Å²) in [7, 11) is 0. The second-order valence-corrected chi connectivity index (χ2v) is 7.31. The van der Waals surface area contributed by atoms with Gasteiger partial charge < -0.3 is 5.73 Å². The fourth-order valence-electron chi connectivity index (χ4n) is 4.54. The molecule has 2 aliphatic carbocycles. The van der Waals surface area contributed by atoms with Gasteiger partial charge >= 0.3 is 0 Å². The van der Waals surface area contributed by atoms with E-state index in [9.17, 15) is 0 Å². The topological polar surface area (TPSA) is 43.8 Å². The Morgan fingerprint density at radius 1 is 1.24 bits per heavy atom. The molecule has 0 radical (unpaired) electrons. The van der Waals surface area contributed by atoms with Crippen LogP contribution in [0, 0.1) is 5.41 Å². The Bertz CT molecular complexity index is 439. The van der Waals surface area contributed by atoms with E-state index < -0.39 is 0 Å². The van der Waals surface area contributed by atoms with Gasteiger partial charge in [0, 0.05) is 18.7 Å². The Kier molecular flexibility index (Phi) is 4.68. The fourth-order valence-corrected chi connectivity index (χ4v) is 4.54. The molecule has 0 spiro atoms. The van der Waals surface area contributed by atoms with Crippen LogP contribution < -0.4 is 5.73 Å². The lowest BCUT2D eigenvalue weighted by Crippen LogP contribution is -2.41. The summed E-state index contributed by atoms with van der Waals surface area (Å²) >= 11 is 0. The van der Waals surface area contributed by atoms with Gasteiger partial charge in [0.05, 0.1) is 11.7 Å². The average molecular weight is 289 g/mol. The Morgan fingerprint density at radius 3 is 2.62 bits per heavy atom. The molecule has 118 valence electrons. The van der Waals surface area contributed by atoms with Crippen LogP contribution >= 0.6 is 0 Å². The van der Waals surface area contributed by atoms with E-state index in [1.54, 1.807) is 0 Å². The van der Waals surface area contributed by atoms with Gasteiger partial charge in [0.2, 0.25) is 0 Å². The van der Waals surface area contributed by atoms with E-state index in [1.165, 1.54) is 69.9 Å². The number of nitrogens with zero attached hydrogens (tertiary/aromatic N) is 2. The summed E-state index contributed by atoms with van der Waals surface area (Å²) in [6.07, 6.45) is 16.4. The van der Waals surface area contributed by atoms with Crippen molar-refractivity contribution in [3.05, 3.63) is 18.0 Å². The molecule has 0 aliphatic heterocycles. The van der Waals surface area contributed by atoms with E-state index in [0.717, 1.165) is 6.42 Å². The minimum atomic E-state index is 0.278. The summed E-state index contributed by atoms with van der Waals surface area (Å²) in [6, 6.07) is 3.11. The number of nitrogens with two attached hydrogens (primary N) is 1. The summed E-state index contributed by atoms with van der Waals surface area (Å²) in [6.45, 7) is 2.31. The monoisotopic (exact) mass is 289 g/mol. The smallest absolute Gasteiger partial charge is 0.0640 e. The van der Waals surface area contributed by atoms with Gasteiger partial charge in [-0.15, -0.1) is 0 Å². The highest BCUT2D eigenvalue weighted by Crippen LogP contribution is 2.43. The maximum absolute atomic E-state index is 6.59. The number of hydrogen-bond donors (Lipinski definition) is 1. The van der Waals surface area contributed by atoms with Gasteiger partial charge in [-0.25, -0.2) is 0 Å². The number of hydrogen-bond acceptors (Lipinski definition) is 2. The van der Waals surface area contributed by atoms with Crippen molar-refractivity contribution in [2.45, 2.75) is 89.6 Å². The number of rotatable bonds is 5. The highest BCUT2D eigenvalue weighted by Gasteiger charge is 2.37. The van der Waals surface area contributed by atoms with E-state index >= 15 is 0 Å². The van der Waals surface area contributed by atoms with Gasteiger partial charge in [0.1, 0.15) is 0 Å². The molecule has 3 heteroatoms. The van der Waals surface area contributed by atoms with Crippen LogP contribution in [0.4, 0.5) is 0 Å². The van der Waals surface area contributed by atoms with E-state index in [-0.39, 0.29) is 6.04 Å². The second kappa shape index (κ2) is 6.51. The zero-order valence-corrected chi connectivity index (χ0v) is 13.6. The number of aromatic nitrogens is 2. The Balaban J connectivity index is 1.63. The molecule has 2 N–H and O–H groups in total. The molecular formula is C18H31N3. The van der Waals surface area contributed by atoms with Crippen molar-refractivity contribution in [3.63, 3.8) is 0 Å². The van der Waals surface area contributed by atoms with Crippen molar-refractivity contribution in [3.8, 4) is 0 Å². The van der Waals surface area contributed by atoms with E-state index in [1.807, 2.05) is 0 Å². The molecule has 3 nitrogen and oxygen atoms in total. The second-order valence-electron chi connectivity index (χ2n) is 7.31. The van der Waals surface area contributed by atoms with Crippen LogP contribution in [0.15, 0.2) is 12.3 Å². The SMILES string of the molecule is CCC1(C(N)Cc2ccn(C3CCCCC3)n2)CCCC1. The zero-order chi connectivity index (χ0) is 14.7. The molecule has 1 aromatic rings. The van der Waals surface area contributed by atoms with Crippen LogP contribution in [0.5, 0.6) is 0 Å². The van der Waals surface area contributed by atoms with Crippen molar-refractivity contribution in [2.75, 3.05) is 0 Å². The largest absolute Gasteiger partial charge is 0.327 e. The molecule has 1 atom stereocenters. The van der Waals surface area contributed by atoms with Crippen molar-refractivity contribution >= 4 is 0 Å². The lowest BCUT2D eigenvalue weighted by atomic mass is 9.75. The van der Waals surface area contributed by atoms with E-state index in [2.05, 4.69) is 23.9 Å². The summed E-state index contributed by atoms with van der Waals surface area (Å²) in [5, 5.41) is 4.85. The summed E-state index contributed by atoms with van der Waals surface area (Å²) in [5.74, 6) is 0. The summed E-state index contributed by atoms with van der Waals surface area (Å²) in [4.78, 5) is 0. The van der Waals surface area contributed by atoms with Gasteiger partial charge in [-0.1, -0.05) is 39.0 Å². The molecule has 1 heterocycles.